The molecule has 1 fully saturated rings. The molecule has 1 aliphatic heterocycles. The first-order valence-electron chi connectivity index (χ1n) is 10.6. The van der Waals surface area contributed by atoms with Gasteiger partial charge in [0.2, 0.25) is 0 Å². The van der Waals surface area contributed by atoms with Crippen LogP contribution < -0.4 is 5.32 Å². The Morgan fingerprint density at radius 1 is 1.21 bits per heavy atom. The van der Waals surface area contributed by atoms with E-state index in [4.69, 9.17) is 5.11 Å². The van der Waals surface area contributed by atoms with E-state index in [1.54, 1.807) is 18.6 Å². The van der Waals surface area contributed by atoms with Gasteiger partial charge in [-0.2, -0.15) is 9.47 Å². The second-order valence-electron chi connectivity index (χ2n) is 8.03. The van der Waals surface area contributed by atoms with Gasteiger partial charge in [-0.3, -0.25) is 18.8 Å². The fraction of sp³-hybridized carbons (Fsp3) is 0.381. The number of piperidine rings is 1. The molecule has 2 N–H and O–H groups in total. The van der Waals surface area contributed by atoms with Crippen LogP contribution in [0.4, 0.5) is 10.8 Å². The minimum atomic E-state index is -0.937. The zero-order chi connectivity index (χ0) is 22.1. The number of nitrogens with zero attached hydrogens (tertiary/aromatic N) is 7. The van der Waals surface area contributed by atoms with Gasteiger partial charge in [-0.1, -0.05) is 6.42 Å². The smallest absolute Gasteiger partial charge is 0.325 e. The zero-order valence-corrected chi connectivity index (χ0v) is 19.8. The number of carboxylic acid groups (broad SMARTS) is 1. The monoisotopic (exact) mass is 488 g/mol. The van der Waals surface area contributed by atoms with Crippen LogP contribution in [0.15, 0.2) is 30.9 Å². The Bertz CT molecular complexity index is 1260. The third-order valence-electron chi connectivity index (χ3n) is 5.47. The van der Waals surface area contributed by atoms with Gasteiger partial charge >= 0.3 is 5.97 Å². The van der Waals surface area contributed by atoms with Gasteiger partial charge in [-0.25, -0.2) is 9.97 Å². The van der Waals surface area contributed by atoms with Crippen molar-refractivity contribution in [3.05, 3.63) is 42.2 Å². The molecule has 0 bridgehead atoms. The highest BCUT2D eigenvalue weighted by atomic mass is 35.5. The van der Waals surface area contributed by atoms with E-state index in [-0.39, 0.29) is 19.0 Å². The summed E-state index contributed by atoms with van der Waals surface area (Å²) in [5.41, 5.74) is 4.19. The maximum absolute atomic E-state index is 11.0. The molecule has 5 heterocycles. The summed E-state index contributed by atoms with van der Waals surface area (Å²) in [7, 11) is 0. The molecule has 0 unspecified atom stereocenters. The number of nitrogens with one attached hydrogen (secondary N) is 1. The molecule has 0 amide bonds. The van der Waals surface area contributed by atoms with Crippen molar-refractivity contribution in [1.82, 2.24) is 33.4 Å². The number of carboxylic acids is 1. The predicted molar refractivity (Wildman–Crippen MR) is 128 cm³/mol. The van der Waals surface area contributed by atoms with Crippen molar-refractivity contribution >= 4 is 46.4 Å². The number of hydrogen-bond acceptors (Lipinski definition) is 8. The van der Waals surface area contributed by atoms with Crippen LogP contribution in [0.3, 0.4) is 0 Å². The van der Waals surface area contributed by atoms with Gasteiger partial charge < -0.3 is 10.4 Å². The highest BCUT2D eigenvalue weighted by Crippen LogP contribution is 2.28. The summed E-state index contributed by atoms with van der Waals surface area (Å²) in [5, 5.41) is 17.4. The summed E-state index contributed by atoms with van der Waals surface area (Å²) in [6, 6.07) is 2.08. The highest BCUT2D eigenvalue weighted by Gasteiger charge is 2.16. The van der Waals surface area contributed by atoms with Gasteiger partial charge in [-0.05, 0) is 50.5 Å². The largest absolute Gasteiger partial charge is 0.480 e. The number of halogens is 1. The van der Waals surface area contributed by atoms with E-state index in [0.717, 1.165) is 47.3 Å². The molecule has 0 aliphatic carbocycles. The molecule has 0 saturated carbocycles. The second-order valence-corrected chi connectivity index (χ2v) is 8.84. The fourth-order valence-electron chi connectivity index (χ4n) is 4.04. The predicted octanol–water partition coefficient (Wildman–Crippen LogP) is 3.59. The van der Waals surface area contributed by atoms with E-state index in [1.165, 1.54) is 35.5 Å². The fourth-order valence-corrected chi connectivity index (χ4v) is 4.69. The number of hydrogen-bond donors (Lipinski definition) is 2. The third kappa shape index (κ3) is 5.15. The minimum Gasteiger partial charge on any atom is -0.480 e. The SMILES string of the molecule is Cc1cn2c(-c3cnn(CC(=O)O)c3)cnc2c(Nc2cc(CN3CCCCC3)ns2)n1.Cl. The van der Waals surface area contributed by atoms with E-state index in [1.807, 2.05) is 17.5 Å². The number of rotatable bonds is 7. The average molecular weight is 489 g/mol. The van der Waals surface area contributed by atoms with Crippen molar-refractivity contribution in [2.75, 3.05) is 18.4 Å². The molecule has 0 atom stereocenters. The van der Waals surface area contributed by atoms with Gasteiger partial charge in [0.1, 0.15) is 11.5 Å². The summed E-state index contributed by atoms with van der Waals surface area (Å²) in [6.45, 7) is 4.90. The highest BCUT2D eigenvalue weighted by molar-refractivity contribution is 7.10. The molecule has 0 radical (unpaired) electrons. The number of aromatic nitrogens is 6. The lowest BCUT2D eigenvalue weighted by Crippen LogP contribution is -2.29. The number of likely N-dealkylation sites (tertiary alicyclic amines) is 1. The van der Waals surface area contributed by atoms with Crippen LogP contribution in [0.1, 0.15) is 30.7 Å². The lowest BCUT2D eigenvalue weighted by Gasteiger charge is -2.25. The molecule has 33 heavy (non-hydrogen) atoms. The number of carbonyl (C=O) groups is 1. The van der Waals surface area contributed by atoms with Gasteiger partial charge in [0.25, 0.3) is 0 Å². The molecule has 174 valence electrons. The van der Waals surface area contributed by atoms with Crippen LogP contribution in [-0.4, -0.2) is 57.6 Å². The minimum absolute atomic E-state index is 0. The second kappa shape index (κ2) is 9.86. The topological polar surface area (TPSA) is 113 Å². The average Bonchev–Trinajstić information content (AvgIpc) is 3.48. The Morgan fingerprint density at radius 3 is 2.82 bits per heavy atom. The molecule has 5 rings (SSSR count). The van der Waals surface area contributed by atoms with Crippen LogP contribution in [0.25, 0.3) is 16.9 Å². The van der Waals surface area contributed by atoms with Gasteiger partial charge in [0.05, 0.1) is 29.5 Å². The standard InChI is InChI=1S/C21H24N8O2S.ClH/c1-14-10-29-17(15-8-23-28(11-15)13-19(30)31)9-22-21(29)20(24-14)25-18-7-16(26-32-18)12-27-5-3-2-4-6-27;/h7-11H,2-6,12-13H2,1H3,(H,24,25)(H,30,31);1H. The zero-order valence-electron chi connectivity index (χ0n) is 18.1. The molecule has 1 aliphatic rings. The van der Waals surface area contributed by atoms with Crippen molar-refractivity contribution in [3.63, 3.8) is 0 Å². The number of aliphatic carboxylic acids is 1. The van der Waals surface area contributed by atoms with Crippen molar-refractivity contribution in [2.24, 2.45) is 0 Å². The van der Waals surface area contributed by atoms with E-state index >= 15 is 0 Å². The van der Waals surface area contributed by atoms with Crippen molar-refractivity contribution in [3.8, 4) is 11.3 Å². The van der Waals surface area contributed by atoms with Crippen LogP contribution in [-0.2, 0) is 17.9 Å². The Balaban J connectivity index is 0.00000259. The molecule has 10 nitrogen and oxygen atoms in total. The Hall–Kier alpha value is -3.02. The van der Waals surface area contributed by atoms with Crippen LogP contribution >= 0.6 is 23.9 Å². The number of fused-ring (bicyclic) bond motifs is 1. The molecule has 4 aromatic rings. The maximum atomic E-state index is 11.0. The molecular formula is C21H25ClN8O2S. The molecular weight excluding hydrogens is 464 g/mol. The van der Waals surface area contributed by atoms with Gasteiger partial charge in [0, 0.05) is 24.5 Å². The van der Waals surface area contributed by atoms with Crippen molar-refractivity contribution in [1.29, 1.82) is 0 Å². The molecule has 12 heteroatoms. The summed E-state index contributed by atoms with van der Waals surface area (Å²) >= 11 is 1.43. The first-order chi connectivity index (χ1) is 15.5. The Labute approximate surface area is 200 Å². The molecule has 1 saturated heterocycles. The summed E-state index contributed by atoms with van der Waals surface area (Å²) in [6.07, 6.45) is 10.9. The summed E-state index contributed by atoms with van der Waals surface area (Å²) in [5.74, 6) is -0.282. The molecule has 0 aromatic carbocycles. The summed E-state index contributed by atoms with van der Waals surface area (Å²) in [4.78, 5) is 22.6. The van der Waals surface area contributed by atoms with Gasteiger partial charge in [-0.15, -0.1) is 12.4 Å². The maximum Gasteiger partial charge on any atom is 0.325 e. The van der Waals surface area contributed by atoms with Crippen LogP contribution in [0.2, 0.25) is 0 Å². The third-order valence-corrected chi connectivity index (χ3v) is 6.22. The Kier molecular flexibility index (Phi) is 6.91. The van der Waals surface area contributed by atoms with Crippen LogP contribution in [0.5, 0.6) is 0 Å². The quantitative estimate of drug-likeness (QED) is 0.405. The number of imidazole rings is 1. The van der Waals surface area contributed by atoms with Gasteiger partial charge in [0.15, 0.2) is 11.5 Å². The number of aryl methyl sites for hydroxylation is 1. The van der Waals surface area contributed by atoms with E-state index in [0.29, 0.717) is 11.5 Å². The molecule has 0 spiro atoms. The van der Waals surface area contributed by atoms with Crippen molar-refractivity contribution in [2.45, 2.75) is 39.3 Å². The molecule has 4 aromatic heterocycles. The van der Waals surface area contributed by atoms with Crippen molar-refractivity contribution < 1.29 is 9.90 Å². The van der Waals surface area contributed by atoms with Crippen LogP contribution in [0, 0.1) is 6.92 Å². The lowest BCUT2D eigenvalue weighted by atomic mass is 10.1. The van der Waals surface area contributed by atoms with E-state index in [9.17, 15) is 4.79 Å². The Morgan fingerprint density at radius 2 is 2.03 bits per heavy atom. The number of anilines is 2. The van der Waals surface area contributed by atoms with E-state index < -0.39 is 5.97 Å². The normalized spacial score (nSPS) is 14.3. The first-order valence-corrected chi connectivity index (χ1v) is 11.4. The summed E-state index contributed by atoms with van der Waals surface area (Å²) < 4.78 is 7.95. The first kappa shape index (κ1) is 23.1. The van der Waals surface area contributed by atoms with E-state index in [2.05, 4.69) is 35.7 Å². The lowest BCUT2D eigenvalue weighted by molar-refractivity contribution is -0.137.